The van der Waals surface area contributed by atoms with Gasteiger partial charge >= 0.3 is 0 Å². The van der Waals surface area contributed by atoms with Crippen molar-refractivity contribution < 1.29 is 40.2 Å². The minimum absolute atomic E-state index is 0. The van der Waals surface area contributed by atoms with Gasteiger partial charge < -0.3 is 15.5 Å². The molecule has 3 atom stereocenters. The average Bonchev–Trinajstić information content (AvgIpc) is 3.25. The predicted octanol–water partition coefficient (Wildman–Crippen LogP) is 5.84. The number of nitrogens with one attached hydrogen (secondary N) is 2. The maximum absolute atomic E-state index is 14.4. The van der Waals surface area contributed by atoms with Gasteiger partial charge in [-0.3, -0.25) is 14.4 Å². The SMILES string of the molecule is Cc1ncsc1-c1ccc([C@H](CC(C)C)NC(=O)[C@@H]2CCCN2C(=O)[C@@H](NC(=O)C2(F)CC2)C(C)(C)C)cc1.[HH].[HH].[V]. The van der Waals surface area contributed by atoms with Crippen LogP contribution in [0.3, 0.4) is 0 Å². The van der Waals surface area contributed by atoms with E-state index in [0.717, 1.165) is 28.1 Å². The molecule has 0 unspecified atom stereocenters. The molecule has 221 valence electrons. The molecule has 3 amide bonds. The maximum atomic E-state index is 14.4. The molecular formula is C30H45FN4O3SV. The molecule has 1 aliphatic carbocycles. The molecule has 1 saturated heterocycles. The van der Waals surface area contributed by atoms with Crippen molar-refractivity contribution in [3.05, 3.63) is 41.0 Å². The molecule has 2 heterocycles. The zero-order valence-electron chi connectivity index (χ0n) is 24.3. The van der Waals surface area contributed by atoms with Crippen molar-refractivity contribution in [1.82, 2.24) is 20.5 Å². The minimum Gasteiger partial charge on any atom is -0.347 e. The fourth-order valence-corrected chi connectivity index (χ4v) is 5.99. The van der Waals surface area contributed by atoms with Gasteiger partial charge in [0, 0.05) is 28.0 Å². The third-order valence-corrected chi connectivity index (χ3v) is 8.64. The first-order chi connectivity index (χ1) is 18.3. The molecule has 1 aromatic heterocycles. The predicted molar refractivity (Wildman–Crippen MR) is 156 cm³/mol. The third kappa shape index (κ3) is 7.34. The van der Waals surface area contributed by atoms with Crippen LogP contribution in [0.5, 0.6) is 0 Å². The molecule has 40 heavy (non-hydrogen) atoms. The van der Waals surface area contributed by atoms with Crippen LogP contribution in [0.15, 0.2) is 29.8 Å². The monoisotopic (exact) mass is 611 g/mol. The van der Waals surface area contributed by atoms with Crippen molar-refractivity contribution >= 4 is 29.1 Å². The van der Waals surface area contributed by atoms with Crippen molar-refractivity contribution in [3.63, 3.8) is 0 Å². The van der Waals surface area contributed by atoms with E-state index in [0.29, 0.717) is 25.3 Å². The summed E-state index contributed by atoms with van der Waals surface area (Å²) >= 11 is 1.60. The molecule has 1 aliphatic heterocycles. The Morgan fingerprint density at radius 2 is 1.82 bits per heavy atom. The van der Waals surface area contributed by atoms with Crippen LogP contribution >= 0.6 is 11.3 Å². The Balaban J connectivity index is 0.00000294. The Hall–Kier alpha value is -2.23. The van der Waals surface area contributed by atoms with E-state index in [2.05, 4.69) is 53.7 Å². The van der Waals surface area contributed by atoms with Crippen LogP contribution in [0.25, 0.3) is 10.4 Å². The standard InChI is InChI=1S/C30H41FN4O3S.V.2H2/c1-18(2)16-22(20-9-11-21(12-10-20)24-19(3)32-17-39-24)33-26(36)23-8-7-15-35(23)27(37)25(29(4,5)6)34-28(38)30(31)13-14-30;;;/h9-12,17-18,22-23,25H,7-8,13-16H2,1-6H3,(H,33,36)(H,34,38);;2*1H/t22-,23-,25+;;;/m0.../s1. The van der Waals surface area contributed by atoms with Crippen molar-refractivity contribution in [2.45, 2.75) is 97.4 Å². The summed E-state index contributed by atoms with van der Waals surface area (Å²) in [5.74, 6) is -0.916. The number of halogens is 1. The molecule has 2 aromatic rings. The van der Waals surface area contributed by atoms with Crippen LogP contribution in [-0.2, 0) is 32.9 Å². The number of amides is 3. The molecule has 2 N–H and O–H groups in total. The summed E-state index contributed by atoms with van der Waals surface area (Å²) in [4.78, 5) is 46.9. The minimum atomic E-state index is -1.87. The van der Waals surface area contributed by atoms with Crippen LogP contribution < -0.4 is 10.6 Å². The van der Waals surface area contributed by atoms with E-state index in [1.54, 1.807) is 16.2 Å². The number of rotatable bonds is 9. The van der Waals surface area contributed by atoms with Crippen LogP contribution in [-0.4, -0.2) is 51.9 Å². The van der Waals surface area contributed by atoms with Crippen molar-refractivity contribution in [2.75, 3.05) is 6.54 Å². The number of alkyl halides is 1. The van der Waals surface area contributed by atoms with E-state index in [1.165, 1.54) is 0 Å². The summed E-state index contributed by atoms with van der Waals surface area (Å²) < 4.78 is 14.4. The maximum Gasteiger partial charge on any atom is 0.258 e. The summed E-state index contributed by atoms with van der Waals surface area (Å²) in [6.45, 7) is 12.2. The first-order valence-corrected chi connectivity index (χ1v) is 14.8. The van der Waals surface area contributed by atoms with Crippen LogP contribution in [0.1, 0.15) is 86.9 Å². The Bertz CT molecular complexity index is 1220. The van der Waals surface area contributed by atoms with Gasteiger partial charge in [-0.1, -0.05) is 58.9 Å². The number of nitrogens with zero attached hydrogens (tertiary/aromatic N) is 2. The topological polar surface area (TPSA) is 91.4 Å². The number of likely N-dealkylation sites (tertiary alicyclic amines) is 1. The largest absolute Gasteiger partial charge is 0.347 e. The number of carbonyl (C=O) groups is 3. The quantitative estimate of drug-likeness (QED) is 0.373. The molecule has 7 nitrogen and oxygen atoms in total. The van der Waals surface area contributed by atoms with Gasteiger partial charge in [-0.2, -0.15) is 0 Å². The second-order valence-corrected chi connectivity index (χ2v) is 13.4. The molecule has 10 heteroatoms. The molecule has 2 aliphatic rings. The third-order valence-electron chi connectivity index (χ3n) is 7.67. The Morgan fingerprint density at radius 1 is 1.18 bits per heavy atom. The number of benzene rings is 1. The van der Waals surface area contributed by atoms with Gasteiger partial charge in [0.2, 0.25) is 11.8 Å². The molecule has 4 rings (SSSR count). The van der Waals surface area contributed by atoms with Gasteiger partial charge in [-0.15, -0.1) is 11.3 Å². The molecule has 2 fully saturated rings. The van der Waals surface area contributed by atoms with Gasteiger partial charge in [0.15, 0.2) is 5.67 Å². The number of hydrogen-bond donors (Lipinski definition) is 2. The average molecular weight is 612 g/mol. The summed E-state index contributed by atoms with van der Waals surface area (Å²) in [5.41, 5.74) is 2.43. The smallest absolute Gasteiger partial charge is 0.258 e. The van der Waals surface area contributed by atoms with Crippen molar-refractivity contribution in [2.24, 2.45) is 11.3 Å². The summed E-state index contributed by atoms with van der Waals surface area (Å²) in [7, 11) is 0. The summed E-state index contributed by atoms with van der Waals surface area (Å²) in [5, 5.41) is 5.89. The van der Waals surface area contributed by atoms with Gasteiger partial charge in [0.05, 0.1) is 22.1 Å². The molecular weight excluding hydrogens is 566 g/mol. The molecule has 0 spiro atoms. The van der Waals surface area contributed by atoms with E-state index < -0.39 is 29.1 Å². The number of carbonyl (C=O) groups excluding carboxylic acids is 3. The molecule has 1 radical (unpaired) electrons. The Labute approximate surface area is 255 Å². The van der Waals surface area contributed by atoms with Gasteiger partial charge in [0.25, 0.3) is 5.91 Å². The number of thiazole rings is 1. The van der Waals surface area contributed by atoms with Crippen LogP contribution in [0.4, 0.5) is 4.39 Å². The second-order valence-electron chi connectivity index (χ2n) is 12.5. The zero-order chi connectivity index (χ0) is 28.5. The Morgan fingerprint density at radius 3 is 2.35 bits per heavy atom. The van der Waals surface area contributed by atoms with E-state index in [1.807, 2.05) is 33.2 Å². The first kappa shape index (κ1) is 32.3. The first-order valence-electron chi connectivity index (χ1n) is 13.9. The van der Waals surface area contributed by atoms with Gasteiger partial charge in [0.1, 0.15) is 12.1 Å². The van der Waals surface area contributed by atoms with E-state index >= 15 is 0 Å². The van der Waals surface area contributed by atoms with E-state index in [-0.39, 0.29) is 52.1 Å². The van der Waals surface area contributed by atoms with E-state index in [4.69, 9.17) is 0 Å². The fourth-order valence-electron chi connectivity index (χ4n) is 5.18. The normalized spacial score (nSPS) is 19.5. The zero-order valence-corrected chi connectivity index (χ0v) is 26.5. The molecule has 1 saturated carbocycles. The number of aromatic nitrogens is 1. The van der Waals surface area contributed by atoms with E-state index in [9.17, 15) is 18.8 Å². The summed E-state index contributed by atoms with van der Waals surface area (Å²) in [6, 6.07) is 6.48. The van der Waals surface area contributed by atoms with Gasteiger partial charge in [-0.25, -0.2) is 9.37 Å². The van der Waals surface area contributed by atoms with Crippen LogP contribution in [0.2, 0.25) is 0 Å². The van der Waals surface area contributed by atoms with Gasteiger partial charge in [-0.05, 0) is 61.5 Å². The van der Waals surface area contributed by atoms with Crippen molar-refractivity contribution in [1.29, 1.82) is 0 Å². The molecule has 0 bridgehead atoms. The summed E-state index contributed by atoms with van der Waals surface area (Å²) in [6.07, 6.45) is 2.36. The van der Waals surface area contributed by atoms with Crippen molar-refractivity contribution in [3.8, 4) is 10.4 Å². The Kier molecular flexibility index (Phi) is 10.3. The number of aryl methyl sites for hydroxylation is 1. The second kappa shape index (κ2) is 12.7. The molecule has 1 aromatic carbocycles. The number of hydrogen-bond acceptors (Lipinski definition) is 5. The van der Waals surface area contributed by atoms with Crippen LogP contribution in [0, 0.1) is 18.3 Å². The fraction of sp³-hybridized carbons (Fsp3) is 0.600.